The SMILES string of the molecule is COC(=O)C(Br)=CC#CCBr. The topological polar surface area (TPSA) is 26.3 Å². The minimum Gasteiger partial charge on any atom is -0.465 e. The van der Waals surface area contributed by atoms with Crippen LogP contribution in [0.3, 0.4) is 0 Å². The quantitative estimate of drug-likeness (QED) is 0.317. The van der Waals surface area contributed by atoms with Gasteiger partial charge in [-0.2, -0.15) is 0 Å². The number of rotatable bonds is 1. The van der Waals surface area contributed by atoms with Crippen LogP contribution in [0.1, 0.15) is 0 Å². The van der Waals surface area contributed by atoms with Gasteiger partial charge in [0.25, 0.3) is 0 Å². The number of esters is 1. The first-order valence-corrected chi connectivity index (χ1v) is 4.62. The van der Waals surface area contributed by atoms with Gasteiger partial charge in [0.1, 0.15) is 4.48 Å². The largest absolute Gasteiger partial charge is 0.465 e. The van der Waals surface area contributed by atoms with Crippen LogP contribution in [-0.2, 0) is 9.53 Å². The maximum Gasteiger partial charge on any atom is 0.345 e. The second kappa shape index (κ2) is 6.44. The van der Waals surface area contributed by atoms with E-state index in [1.807, 2.05) is 0 Å². The molecule has 0 unspecified atom stereocenters. The number of allylic oxidation sites excluding steroid dienone is 1. The molecular weight excluding hydrogens is 276 g/mol. The monoisotopic (exact) mass is 280 g/mol. The Morgan fingerprint density at radius 1 is 1.73 bits per heavy atom. The molecule has 0 amide bonds. The minimum absolute atomic E-state index is 0.327. The highest BCUT2D eigenvalue weighted by atomic mass is 79.9. The van der Waals surface area contributed by atoms with Gasteiger partial charge in [-0.15, -0.1) is 0 Å². The van der Waals surface area contributed by atoms with E-state index < -0.39 is 5.97 Å². The molecule has 11 heavy (non-hydrogen) atoms. The second-order valence-electron chi connectivity index (χ2n) is 1.44. The number of hydrogen-bond donors (Lipinski definition) is 0. The smallest absolute Gasteiger partial charge is 0.345 e. The third-order valence-electron chi connectivity index (χ3n) is 0.748. The molecule has 0 aliphatic carbocycles. The molecule has 2 nitrogen and oxygen atoms in total. The molecule has 60 valence electrons. The van der Waals surface area contributed by atoms with Gasteiger partial charge in [0.15, 0.2) is 0 Å². The van der Waals surface area contributed by atoms with Crippen molar-refractivity contribution in [3.05, 3.63) is 10.6 Å². The van der Waals surface area contributed by atoms with E-state index in [4.69, 9.17) is 0 Å². The highest BCUT2D eigenvalue weighted by molar-refractivity contribution is 9.12. The molecule has 0 saturated carbocycles. The Balaban J connectivity index is 4.11. The van der Waals surface area contributed by atoms with Crippen molar-refractivity contribution in [3.8, 4) is 11.8 Å². The van der Waals surface area contributed by atoms with Crippen molar-refractivity contribution in [3.63, 3.8) is 0 Å². The number of halogens is 2. The number of carbonyl (C=O) groups excluding carboxylic acids is 1. The fourth-order valence-electron chi connectivity index (χ4n) is 0.309. The van der Waals surface area contributed by atoms with E-state index in [0.717, 1.165) is 0 Å². The summed E-state index contributed by atoms with van der Waals surface area (Å²) in [5.41, 5.74) is 0. The minimum atomic E-state index is -0.422. The number of methoxy groups -OCH3 is 1. The molecule has 0 aliphatic rings. The molecule has 0 aliphatic heterocycles. The lowest BCUT2D eigenvalue weighted by Gasteiger charge is -1.91. The summed E-state index contributed by atoms with van der Waals surface area (Å²) in [6.45, 7) is 0. The van der Waals surface area contributed by atoms with Crippen LogP contribution in [0.5, 0.6) is 0 Å². The molecule has 0 spiro atoms. The van der Waals surface area contributed by atoms with Crippen molar-refractivity contribution >= 4 is 37.8 Å². The lowest BCUT2D eigenvalue weighted by molar-refractivity contribution is -0.135. The Bertz CT molecular complexity index is 222. The molecular formula is C7H6Br2O2. The number of carbonyl (C=O) groups is 1. The van der Waals surface area contributed by atoms with Crippen LogP contribution in [0.15, 0.2) is 10.6 Å². The highest BCUT2D eigenvalue weighted by Crippen LogP contribution is 2.04. The van der Waals surface area contributed by atoms with Crippen LogP contribution in [0.25, 0.3) is 0 Å². The van der Waals surface area contributed by atoms with Gasteiger partial charge in [-0.25, -0.2) is 4.79 Å². The van der Waals surface area contributed by atoms with Gasteiger partial charge in [-0.05, 0) is 15.9 Å². The van der Waals surface area contributed by atoms with Crippen LogP contribution in [0.2, 0.25) is 0 Å². The van der Waals surface area contributed by atoms with E-state index in [9.17, 15) is 4.79 Å². The molecule has 0 fully saturated rings. The van der Waals surface area contributed by atoms with Crippen molar-refractivity contribution in [2.24, 2.45) is 0 Å². The van der Waals surface area contributed by atoms with Crippen molar-refractivity contribution < 1.29 is 9.53 Å². The fourth-order valence-corrected chi connectivity index (χ4v) is 0.748. The lowest BCUT2D eigenvalue weighted by atomic mass is 10.5. The first-order chi connectivity index (χ1) is 5.22. The summed E-state index contributed by atoms with van der Waals surface area (Å²) in [6.07, 6.45) is 1.45. The van der Waals surface area contributed by atoms with Crippen molar-refractivity contribution in [1.29, 1.82) is 0 Å². The maximum atomic E-state index is 10.7. The Kier molecular flexibility index (Phi) is 6.28. The maximum absolute atomic E-state index is 10.7. The Morgan fingerprint density at radius 3 is 2.82 bits per heavy atom. The first-order valence-electron chi connectivity index (χ1n) is 2.70. The standard InChI is InChI=1S/C7H6Br2O2/c1-11-7(10)6(9)4-2-3-5-8/h4H,5H2,1H3. The van der Waals surface area contributed by atoms with Gasteiger partial charge in [0.2, 0.25) is 0 Å². The number of ether oxygens (including phenoxy) is 1. The van der Waals surface area contributed by atoms with Crippen LogP contribution in [0, 0.1) is 11.8 Å². The predicted molar refractivity (Wildman–Crippen MR) is 50.6 cm³/mol. The molecule has 0 atom stereocenters. The zero-order valence-electron chi connectivity index (χ0n) is 5.86. The van der Waals surface area contributed by atoms with Gasteiger partial charge < -0.3 is 4.74 Å². The van der Waals surface area contributed by atoms with Crippen LogP contribution >= 0.6 is 31.9 Å². The Hall–Kier alpha value is -0.270. The average molecular weight is 282 g/mol. The zero-order valence-corrected chi connectivity index (χ0v) is 9.03. The third-order valence-corrected chi connectivity index (χ3v) is 1.58. The van der Waals surface area contributed by atoms with E-state index in [1.54, 1.807) is 0 Å². The van der Waals surface area contributed by atoms with Crippen LogP contribution in [0.4, 0.5) is 0 Å². The van der Waals surface area contributed by atoms with Crippen molar-refractivity contribution in [2.45, 2.75) is 0 Å². The zero-order chi connectivity index (χ0) is 8.69. The third kappa shape index (κ3) is 5.05. The summed E-state index contributed by atoms with van der Waals surface area (Å²) >= 11 is 6.12. The molecule has 0 saturated heterocycles. The number of hydrogen-bond acceptors (Lipinski definition) is 2. The van der Waals surface area contributed by atoms with Gasteiger partial charge in [-0.3, -0.25) is 0 Å². The van der Waals surface area contributed by atoms with Crippen molar-refractivity contribution in [2.75, 3.05) is 12.4 Å². The second-order valence-corrected chi connectivity index (χ2v) is 2.85. The number of alkyl halides is 1. The molecule has 0 aromatic carbocycles. The fraction of sp³-hybridized carbons (Fsp3) is 0.286. The van der Waals surface area contributed by atoms with Crippen LogP contribution < -0.4 is 0 Å². The molecule has 0 aromatic heterocycles. The summed E-state index contributed by atoms with van der Waals surface area (Å²) in [5, 5.41) is 0.588. The molecule has 0 bridgehead atoms. The van der Waals surface area contributed by atoms with Gasteiger partial charge >= 0.3 is 5.97 Å². The summed E-state index contributed by atoms with van der Waals surface area (Å²) in [6, 6.07) is 0. The Morgan fingerprint density at radius 2 is 2.36 bits per heavy atom. The predicted octanol–water partition coefficient (Wildman–Crippen LogP) is 1.84. The summed E-state index contributed by atoms with van der Waals surface area (Å²) in [5.74, 6) is 4.93. The normalized spacial score (nSPS) is 9.91. The molecule has 0 N–H and O–H groups in total. The van der Waals surface area contributed by atoms with E-state index in [0.29, 0.717) is 9.81 Å². The van der Waals surface area contributed by atoms with Gasteiger partial charge in [-0.1, -0.05) is 27.8 Å². The van der Waals surface area contributed by atoms with E-state index >= 15 is 0 Å². The lowest BCUT2D eigenvalue weighted by Crippen LogP contribution is -1.98. The summed E-state index contributed by atoms with van der Waals surface area (Å²) in [7, 11) is 1.31. The van der Waals surface area contributed by atoms with E-state index in [1.165, 1.54) is 13.2 Å². The molecule has 0 radical (unpaired) electrons. The highest BCUT2D eigenvalue weighted by Gasteiger charge is 2.01. The summed E-state index contributed by atoms with van der Waals surface area (Å²) < 4.78 is 4.74. The van der Waals surface area contributed by atoms with E-state index in [2.05, 4.69) is 48.4 Å². The molecule has 0 rings (SSSR count). The van der Waals surface area contributed by atoms with Gasteiger partial charge in [0.05, 0.1) is 12.4 Å². The van der Waals surface area contributed by atoms with Crippen molar-refractivity contribution in [1.82, 2.24) is 0 Å². The molecule has 4 heteroatoms. The van der Waals surface area contributed by atoms with E-state index in [-0.39, 0.29) is 0 Å². The molecule has 0 aromatic rings. The molecule has 0 heterocycles. The van der Waals surface area contributed by atoms with Gasteiger partial charge in [0, 0.05) is 6.08 Å². The Labute approximate surface area is 82.2 Å². The van der Waals surface area contributed by atoms with Crippen LogP contribution in [-0.4, -0.2) is 18.4 Å². The average Bonchev–Trinajstić information content (AvgIpc) is 2.03. The first kappa shape index (κ1) is 10.7. The summed E-state index contributed by atoms with van der Waals surface area (Å²) in [4.78, 5) is 10.7.